The predicted molar refractivity (Wildman–Crippen MR) is 54.5 cm³/mol. The predicted octanol–water partition coefficient (Wildman–Crippen LogP) is 2.94. The molecule has 2 fully saturated rings. The van der Waals surface area contributed by atoms with E-state index in [2.05, 4.69) is 18.7 Å². The molecule has 13 heavy (non-hydrogen) atoms. The molecule has 0 amide bonds. The van der Waals surface area contributed by atoms with E-state index in [1.807, 2.05) is 0 Å². The average Bonchev–Trinajstić information content (AvgIpc) is 2.69. The molecule has 0 saturated heterocycles. The lowest BCUT2D eigenvalue weighted by molar-refractivity contribution is 0.193. The van der Waals surface area contributed by atoms with Crippen molar-refractivity contribution in [2.75, 3.05) is 13.2 Å². The van der Waals surface area contributed by atoms with Gasteiger partial charge in [-0.15, -0.1) is 6.58 Å². The van der Waals surface area contributed by atoms with Crippen molar-refractivity contribution in [1.82, 2.24) is 0 Å². The summed E-state index contributed by atoms with van der Waals surface area (Å²) in [6.07, 6.45) is 12.1. The molecule has 2 rings (SSSR count). The van der Waals surface area contributed by atoms with Gasteiger partial charge in [0.1, 0.15) is 0 Å². The number of hydrogen-bond donors (Lipinski definition) is 0. The van der Waals surface area contributed by atoms with Crippen molar-refractivity contribution in [3.8, 4) is 0 Å². The van der Waals surface area contributed by atoms with Gasteiger partial charge in [-0.3, -0.25) is 0 Å². The van der Waals surface area contributed by atoms with Gasteiger partial charge in [-0.25, -0.2) is 0 Å². The third kappa shape index (κ3) is 1.86. The summed E-state index contributed by atoms with van der Waals surface area (Å²) in [5.74, 6) is 1.02. The molecule has 0 aliphatic heterocycles. The Morgan fingerprint density at radius 3 is 3.00 bits per heavy atom. The Morgan fingerprint density at radius 1 is 1.46 bits per heavy atom. The van der Waals surface area contributed by atoms with Gasteiger partial charge in [-0.05, 0) is 30.6 Å². The van der Waals surface area contributed by atoms with Gasteiger partial charge in [0.25, 0.3) is 0 Å². The highest BCUT2D eigenvalue weighted by atomic mass is 16.5. The van der Waals surface area contributed by atoms with Crippen molar-refractivity contribution in [3.63, 3.8) is 0 Å². The quantitative estimate of drug-likeness (QED) is 0.464. The van der Waals surface area contributed by atoms with E-state index in [1.165, 1.54) is 25.7 Å². The number of hydrogen-bond acceptors (Lipinski definition) is 1. The maximum atomic E-state index is 5.30. The van der Waals surface area contributed by atoms with Gasteiger partial charge in [-0.2, -0.15) is 0 Å². The number of rotatable bonds is 5. The second-order valence-corrected chi connectivity index (χ2v) is 4.25. The molecule has 72 valence electrons. The fraction of sp³-hybridized carbons (Fsp3) is 0.667. The first-order valence-corrected chi connectivity index (χ1v) is 5.24. The molecule has 2 unspecified atom stereocenters. The van der Waals surface area contributed by atoms with Crippen LogP contribution in [0.1, 0.15) is 25.7 Å². The zero-order chi connectivity index (χ0) is 9.15. The monoisotopic (exact) mass is 178 g/mol. The van der Waals surface area contributed by atoms with Gasteiger partial charge >= 0.3 is 0 Å². The lowest BCUT2D eigenvalue weighted by Gasteiger charge is -2.03. The maximum Gasteiger partial charge on any atom is 0.0651 e. The summed E-state index contributed by atoms with van der Waals surface area (Å²) >= 11 is 0. The molecular weight excluding hydrogens is 160 g/mol. The van der Waals surface area contributed by atoms with Crippen molar-refractivity contribution in [3.05, 3.63) is 24.8 Å². The minimum Gasteiger partial charge on any atom is -0.373 e. The highest BCUT2D eigenvalue weighted by Crippen LogP contribution is 2.64. The molecule has 2 aliphatic rings. The smallest absolute Gasteiger partial charge is 0.0651 e. The Bertz CT molecular complexity index is 219. The van der Waals surface area contributed by atoms with Crippen LogP contribution in [0.5, 0.6) is 0 Å². The molecule has 0 bridgehead atoms. The molecular formula is C12H18O. The second kappa shape index (κ2) is 3.67. The van der Waals surface area contributed by atoms with Crippen LogP contribution < -0.4 is 0 Å². The van der Waals surface area contributed by atoms with Gasteiger partial charge in [-0.1, -0.05) is 24.6 Å². The van der Waals surface area contributed by atoms with Crippen molar-refractivity contribution in [2.24, 2.45) is 11.3 Å². The fourth-order valence-electron chi connectivity index (χ4n) is 2.56. The minimum absolute atomic E-state index is 0.623. The molecule has 2 saturated carbocycles. The Labute approximate surface area is 80.5 Å². The summed E-state index contributed by atoms with van der Waals surface area (Å²) in [6, 6.07) is 0. The Balaban J connectivity index is 1.69. The molecule has 0 aromatic carbocycles. The summed E-state index contributed by atoms with van der Waals surface area (Å²) in [7, 11) is 0. The summed E-state index contributed by atoms with van der Waals surface area (Å²) in [6.45, 7) is 5.03. The molecule has 0 spiro atoms. The van der Waals surface area contributed by atoms with Gasteiger partial charge in [0, 0.05) is 0 Å². The lowest BCUT2D eigenvalue weighted by Crippen LogP contribution is -1.95. The first kappa shape index (κ1) is 9.01. The van der Waals surface area contributed by atoms with Crippen molar-refractivity contribution >= 4 is 0 Å². The number of allylic oxidation sites excluding steroid dienone is 1. The van der Waals surface area contributed by atoms with Crippen LogP contribution in [0, 0.1) is 11.3 Å². The molecule has 0 radical (unpaired) electrons. The van der Waals surface area contributed by atoms with Crippen LogP contribution in [0.2, 0.25) is 0 Å². The van der Waals surface area contributed by atoms with Crippen molar-refractivity contribution in [1.29, 1.82) is 0 Å². The van der Waals surface area contributed by atoms with Gasteiger partial charge in [0.05, 0.1) is 13.2 Å². The van der Waals surface area contributed by atoms with E-state index in [1.54, 1.807) is 6.08 Å². The van der Waals surface area contributed by atoms with E-state index in [0.717, 1.165) is 12.5 Å². The molecule has 0 heterocycles. The van der Waals surface area contributed by atoms with Crippen LogP contribution in [-0.4, -0.2) is 13.2 Å². The van der Waals surface area contributed by atoms with E-state index < -0.39 is 0 Å². The van der Waals surface area contributed by atoms with Gasteiger partial charge < -0.3 is 4.74 Å². The molecule has 0 aromatic heterocycles. The summed E-state index contributed by atoms with van der Waals surface area (Å²) < 4.78 is 5.30. The zero-order valence-electron chi connectivity index (χ0n) is 8.17. The van der Waals surface area contributed by atoms with Crippen LogP contribution >= 0.6 is 0 Å². The van der Waals surface area contributed by atoms with E-state index in [-0.39, 0.29) is 0 Å². The Hall–Kier alpha value is -0.560. The van der Waals surface area contributed by atoms with Gasteiger partial charge in [0.15, 0.2) is 0 Å². The normalized spacial score (nSPS) is 36.5. The highest BCUT2D eigenvalue weighted by molar-refractivity contribution is 5.17. The van der Waals surface area contributed by atoms with Crippen LogP contribution in [0.25, 0.3) is 0 Å². The van der Waals surface area contributed by atoms with Crippen molar-refractivity contribution in [2.45, 2.75) is 25.7 Å². The summed E-state index contributed by atoms with van der Waals surface area (Å²) in [4.78, 5) is 0. The number of fused-ring (bicyclic) bond motifs is 1. The minimum atomic E-state index is 0.623. The molecule has 1 nitrogen and oxygen atoms in total. The van der Waals surface area contributed by atoms with Crippen LogP contribution in [0.4, 0.5) is 0 Å². The SMILES string of the molecule is C=CCOC/C=C/C12CCCC1C2. The lowest BCUT2D eigenvalue weighted by atomic mass is 10.0. The molecule has 0 aromatic rings. The van der Waals surface area contributed by atoms with Crippen LogP contribution in [-0.2, 0) is 4.74 Å². The Kier molecular flexibility index (Phi) is 2.54. The van der Waals surface area contributed by atoms with E-state index in [0.29, 0.717) is 12.0 Å². The summed E-state index contributed by atoms with van der Waals surface area (Å²) in [5, 5.41) is 0. The highest BCUT2D eigenvalue weighted by Gasteiger charge is 2.54. The summed E-state index contributed by atoms with van der Waals surface area (Å²) in [5.41, 5.74) is 0.623. The first-order valence-electron chi connectivity index (χ1n) is 5.24. The van der Waals surface area contributed by atoms with E-state index >= 15 is 0 Å². The molecule has 2 aliphatic carbocycles. The average molecular weight is 178 g/mol. The third-order valence-electron chi connectivity index (χ3n) is 3.37. The molecule has 2 atom stereocenters. The van der Waals surface area contributed by atoms with Crippen LogP contribution in [0.3, 0.4) is 0 Å². The van der Waals surface area contributed by atoms with Gasteiger partial charge in [0.2, 0.25) is 0 Å². The standard InChI is InChI=1S/C12H18O/c1-2-8-13-9-4-7-12-6-3-5-11(12)10-12/h2,4,7,11H,1,3,5-6,8-10H2/b7-4+. The Morgan fingerprint density at radius 2 is 2.38 bits per heavy atom. The van der Waals surface area contributed by atoms with E-state index in [4.69, 9.17) is 4.74 Å². The largest absolute Gasteiger partial charge is 0.373 e. The maximum absolute atomic E-state index is 5.30. The van der Waals surface area contributed by atoms with E-state index in [9.17, 15) is 0 Å². The van der Waals surface area contributed by atoms with Crippen LogP contribution in [0.15, 0.2) is 24.8 Å². The fourth-order valence-corrected chi connectivity index (χ4v) is 2.56. The second-order valence-electron chi connectivity index (χ2n) is 4.25. The topological polar surface area (TPSA) is 9.23 Å². The molecule has 0 N–H and O–H groups in total. The molecule has 1 heteroatoms. The first-order chi connectivity index (χ1) is 6.37. The third-order valence-corrected chi connectivity index (χ3v) is 3.37. The number of ether oxygens (including phenoxy) is 1. The zero-order valence-corrected chi connectivity index (χ0v) is 8.17. The van der Waals surface area contributed by atoms with Crippen molar-refractivity contribution < 1.29 is 4.74 Å².